The zero-order valence-corrected chi connectivity index (χ0v) is 17.8. The minimum atomic E-state index is 0.215. The van der Waals surface area contributed by atoms with Crippen molar-refractivity contribution in [3.8, 4) is 17.2 Å². The lowest BCUT2D eigenvalue weighted by Crippen LogP contribution is -2.17. The van der Waals surface area contributed by atoms with Crippen LogP contribution in [0.1, 0.15) is 31.2 Å². The summed E-state index contributed by atoms with van der Waals surface area (Å²) in [5.74, 6) is 3.13. The number of nitrogens with zero attached hydrogens (tertiary/aromatic N) is 2. The largest absolute Gasteiger partial charge is 0.508 e. The molecule has 1 aliphatic carbocycles. The van der Waals surface area contributed by atoms with Gasteiger partial charge >= 0.3 is 0 Å². The van der Waals surface area contributed by atoms with E-state index < -0.39 is 0 Å². The van der Waals surface area contributed by atoms with Crippen LogP contribution >= 0.6 is 0 Å². The molecular weight excluding hydrogens is 400 g/mol. The molecule has 32 heavy (non-hydrogen) atoms. The molecule has 1 saturated carbocycles. The van der Waals surface area contributed by atoms with Crippen molar-refractivity contribution in [2.45, 2.75) is 38.3 Å². The van der Waals surface area contributed by atoms with Crippen molar-refractivity contribution < 1.29 is 9.84 Å². The van der Waals surface area contributed by atoms with E-state index in [1.807, 2.05) is 42.5 Å². The second kappa shape index (κ2) is 9.14. The summed E-state index contributed by atoms with van der Waals surface area (Å²) in [7, 11) is 0. The summed E-state index contributed by atoms with van der Waals surface area (Å²) in [5, 5.41) is 17.5. The van der Waals surface area contributed by atoms with E-state index in [0.29, 0.717) is 24.3 Å². The van der Waals surface area contributed by atoms with Gasteiger partial charge in [-0.1, -0.05) is 37.1 Å². The van der Waals surface area contributed by atoms with Crippen molar-refractivity contribution in [1.82, 2.24) is 9.97 Å². The van der Waals surface area contributed by atoms with Crippen LogP contribution in [0.2, 0.25) is 0 Å². The van der Waals surface area contributed by atoms with E-state index in [-0.39, 0.29) is 5.75 Å². The molecule has 0 amide bonds. The number of ether oxygens (including phenoxy) is 1. The Morgan fingerprint density at radius 1 is 0.875 bits per heavy atom. The fourth-order valence-electron chi connectivity index (χ4n) is 4.08. The minimum absolute atomic E-state index is 0.215. The van der Waals surface area contributed by atoms with Gasteiger partial charge in [-0.15, -0.1) is 0 Å². The van der Waals surface area contributed by atoms with E-state index in [4.69, 9.17) is 14.7 Å². The summed E-state index contributed by atoms with van der Waals surface area (Å²) in [6.45, 7) is 0.577. The molecule has 6 heteroatoms. The Bertz CT molecular complexity index is 1200. The number of anilines is 2. The summed E-state index contributed by atoms with van der Waals surface area (Å²) in [4.78, 5) is 9.50. The van der Waals surface area contributed by atoms with Gasteiger partial charge in [0.1, 0.15) is 23.1 Å². The third-order valence-corrected chi connectivity index (χ3v) is 5.72. The van der Waals surface area contributed by atoms with Crippen LogP contribution in [0.3, 0.4) is 0 Å². The van der Waals surface area contributed by atoms with Crippen molar-refractivity contribution >= 4 is 22.7 Å². The first-order valence-corrected chi connectivity index (χ1v) is 11.1. The number of nitrogens with one attached hydrogen (secondary N) is 2. The van der Waals surface area contributed by atoms with E-state index in [9.17, 15) is 5.11 Å². The Hall–Kier alpha value is -3.80. The first-order valence-electron chi connectivity index (χ1n) is 11.1. The molecule has 6 nitrogen and oxygen atoms in total. The maximum Gasteiger partial charge on any atom is 0.225 e. The SMILES string of the molecule is Oc1ccc(Oc2cccc(CNc3nc(NC4CCCC4)c4ccccc4n3)c2)cc1. The molecule has 4 aromatic rings. The molecule has 1 aromatic heterocycles. The molecule has 0 radical (unpaired) electrons. The average molecular weight is 427 g/mol. The molecule has 3 aromatic carbocycles. The molecule has 0 bridgehead atoms. The summed E-state index contributed by atoms with van der Waals surface area (Å²) < 4.78 is 5.90. The van der Waals surface area contributed by atoms with E-state index in [1.165, 1.54) is 25.7 Å². The highest BCUT2D eigenvalue weighted by atomic mass is 16.5. The van der Waals surface area contributed by atoms with E-state index in [0.717, 1.165) is 28.0 Å². The highest BCUT2D eigenvalue weighted by Crippen LogP contribution is 2.28. The molecule has 3 N–H and O–H groups in total. The van der Waals surface area contributed by atoms with Gasteiger partial charge in [-0.25, -0.2) is 4.98 Å². The number of para-hydroxylation sites is 1. The van der Waals surface area contributed by atoms with Gasteiger partial charge in [-0.05, 0) is 66.9 Å². The number of rotatable bonds is 7. The van der Waals surface area contributed by atoms with Crippen LogP contribution in [0.5, 0.6) is 17.2 Å². The predicted molar refractivity (Wildman–Crippen MR) is 127 cm³/mol. The van der Waals surface area contributed by atoms with Crippen LogP contribution in [-0.4, -0.2) is 21.1 Å². The highest BCUT2D eigenvalue weighted by molar-refractivity contribution is 5.90. The van der Waals surface area contributed by atoms with Gasteiger partial charge in [0.05, 0.1) is 5.52 Å². The number of phenols is 1. The van der Waals surface area contributed by atoms with Crippen molar-refractivity contribution in [3.63, 3.8) is 0 Å². The molecule has 5 rings (SSSR count). The molecule has 0 aliphatic heterocycles. The molecule has 0 atom stereocenters. The number of hydrogen-bond acceptors (Lipinski definition) is 6. The topological polar surface area (TPSA) is 79.3 Å². The zero-order valence-electron chi connectivity index (χ0n) is 17.8. The van der Waals surface area contributed by atoms with Crippen LogP contribution in [0.4, 0.5) is 11.8 Å². The Labute approximate surface area is 187 Å². The smallest absolute Gasteiger partial charge is 0.225 e. The molecule has 162 valence electrons. The van der Waals surface area contributed by atoms with Crippen molar-refractivity contribution in [1.29, 1.82) is 0 Å². The monoisotopic (exact) mass is 426 g/mol. The van der Waals surface area contributed by atoms with Gasteiger partial charge < -0.3 is 20.5 Å². The number of aromatic hydroxyl groups is 1. The van der Waals surface area contributed by atoms with E-state index in [1.54, 1.807) is 24.3 Å². The number of hydrogen-bond donors (Lipinski definition) is 3. The van der Waals surface area contributed by atoms with Crippen LogP contribution < -0.4 is 15.4 Å². The lowest BCUT2D eigenvalue weighted by Gasteiger charge is -2.16. The van der Waals surface area contributed by atoms with Gasteiger partial charge in [-0.3, -0.25) is 0 Å². The lowest BCUT2D eigenvalue weighted by molar-refractivity contribution is 0.464. The molecule has 0 saturated heterocycles. The first kappa shape index (κ1) is 20.1. The molecule has 1 aliphatic rings. The van der Waals surface area contributed by atoms with Crippen LogP contribution in [-0.2, 0) is 6.54 Å². The molecule has 1 fully saturated rings. The summed E-state index contributed by atoms with van der Waals surface area (Å²) in [6.07, 6.45) is 4.92. The standard InChI is InChI=1S/C26H26N4O2/c31-20-12-14-21(15-13-20)32-22-9-5-6-18(16-22)17-27-26-29-24-11-4-3-10-23(24)25(30-26)28-19-7-1-2-8-19/h3-6,9-16,19,31H,1-2,7-8,17H2,(H2,27,28,29,30). The van der Waals surface area contributed by atoms with Gasteiger partial charge in [0.2, 0.25) is 5.95 Å². The molecule has 1 heterocycles. The van der Waals surface area contributed by atoms with Gasteiger partial charge in [0.25, 0.3) is 0 Å². The van der Waals surface area contributed by atoms with Gasteiger partial charge in [-0.2, -0.15) is 4.98 Å². The molecule has 0 unspecified atom stereocenters. The normalized spacial score (nSPS) is 13.9. The second-order valence-corrected chi connectivity index (χ2v) is 8.14. The van der Waals surface area contributed by atoms with Crippen molar-refractivity contribution in [2.24, 2.45) is 0 Å². The fraction of sp³-hybridized carbons (Fsp3) is 0.231. The van der Waals surface area contributed by atoms with E-state index in [2.05, 4.69) is 16.7 Å². The highest BCUT2D eigenvalue weighted by Gasteiger charge is 2.17. The maximum atomic E-state index is 9.43. The predicted octanol–water partition coefficient (Wildman–Crippen LogP) is 6.09. The molecular formula is C26H26N4O2. The van der Waals surface area contributed by atoms with Crippen LogP contribution in [0.25, 0.3) is 10.9 Å². The average Bonchev–Trinajstić information content (AvgIpc) is 3.33. The lowest BCUT2D eigenvalue weighted by atomic mass is 10.2. The first-order chi connectivity index (χ1) is 15.7. The summed E-state index contributed by atoms with van der Waals surface area (Å²) in [5.41, 5.74) is 1.98. The number of fused-ring (bicyclic) bond motifs is 1. The van der Waals surface area contributed by atoms with Crippen molar-refractivity contribution in [3.05, 3.63) is 78.4 Å². The quantitative estimate of drug-likeness (QED) is 0.332. The Morgan fingerprint density at radius 2 is 1.69 bits per heavy atom. The molecule has 0 spiro atoms. The number of benzene rings is 3. The third kappa shape index (κ3) is 4.75. The number of aromatic nitrogens is 2. The van der Waals surface area contributed by atoms with Crippen LogP contribution in [0.15, 0.2) is 72.8 Å². The van der Waals surface area contributed by atoms with Gasteiger partial charge in [0, 0.05) is 18.0 Å². The Morgan fingerprint density at radius 3 is 2.53 bits per heavy atom. The Balaban J connectivity index is 1.32. The second-order valence-electron chi connectivity index (χ2n) is 8.14. The number of phenolic OH excluding ortho intramolecular Hbond substituents is 1. The maximum absolute atomic E-state index is 9.43. The summed E-state index contributed by atoms with van der Waals surface area (Å²) >= 11 is 0. The zero-order chi connectivity index (χ0) is 21.8. The Kier molecular flexibility index (Phi) is 5.75. The van der Waals surface area contributed by atoms with Gasteiger partial charge in [0.15, 0.2) is 0 Å². The summed E-state index contributed by atoms with van der Waals surface area (Å²) in [6, 6.07) is 23.2. The fourth-order valence-corrected chi connectivity index (χ4v) is 4.08. The third-order valence-electron chi connectivity index (χ3n) is 5.72. The van der Waals surface area contributed by atoms with Crippen LogP contribution in [0, 0.1) is 0 Å². The van der Waals surface area contributed by atoms with Crippen molar-refractivity contribution in [2.75, 3.05) is 10.6 Å². The van der Waals surface area contributed by atoms with E-state index >= 15 is 0 Å². The minimum Gasteiger partial charge on any atom is -0.508 e.